The number of hydrogen-bond donors (Lipinski definition) is 1. The fourth-order valence-corrected chi connectivity index (χ4v) is 5.06. The van der Waals surface area contributed by atoms with Crippen LogP contribution in [0.25, 0.3) is 11.1 Å². The zero-order valence-electron chi connectivity index (χ0n) is 18.8. The van der Waals surface area contributed by atoms with E-state index in [2.05, 4.69) is 5.32 Å². The van der Waals surface area contributed by atoms with Gasteiger partial charge in [0.05, 0.1) is 29.2 Å². The Morgan fingerprint density at radius 3 is 2.59 bits per heavy atom. The maximum Gasteiger partial charge on any atom is 0.419 e. The first-order valence-electron chi connectivity index (χ1n) is 10.6. The molecule has 1 aromatic heterocycles. The molecule has 1 aliphatic heterocycles. The molecule has 1 N–H and O–H groups in total. The summed E-state index contributed by atoms with van der Waals surface area (Å²) in [5, 5.41) is 2.58. The highest BCUT2D eigenvalue weighted by Crippen LogP contribution is 2.23. The van der Waals surface area contributed by atoms with Gasteiger partial charge in [-0.1, -0.05) is 0 Å². The number of aromatic nitrogens is 1. The highest BCUT2D eigenvalue weighted by molar-refractivity contribution is 7.89. The number of sulfonamides is 1. The lowest BCUT2D eigenvalue weighted by Crippen LogP contribution is -2.40. The second-order valence-corrected chi connectivity index (χ2v) is 10.1. The summed E-state index contributed by atoms with van der Waals surface area (Å²) < 4.78 is 53.4. The van der Waals surface area contributed by atoms with Crippen LogP contribution in [0.4, 0.5) is 10.1 Å². The molecular weight excluding hydrogens is 467 g/mol. The summed E-state index contributed by atoms with van der Waals surface area (Å²) in [7, 11) is -0.149. The van der Waals surface area contributed by atoms with Gasteiger partial charge in [-0.3, -0.25) is 9.36 Å². The van der Waals surface area contributed by atoms with E-state index in [1.54, 1.807) is 6.07 Å². The number of oxazole rings is 1. The minimum Gasteiger partial charge on any atom is -0.408 e. The predicted molar refractivity (Wildman–Crippen MR) is 123 cm³/mol. The Balaban J connectivity index is 1.60. The van der Waals surface area contributed by atoms with Crippen LogP contribution in [0.3, 0.4) is 0 Å². The monoisotopic (exact) mass is 492 g/mol. The molecule has 12 heteroatoms. The normalized spacial score (nSPS) is 15.2. The highest BCUT2D eigenvalue weighted by atomic mass is 32.2. The summed E-state index contributed by atoms with van der Waals surface area (Å²) in [4.78, 5) is 26.8. The van der Waals surface area contributed by atoms with Crippen molar-refractivity contribution in [2.24, 2.45) is 0 Å². The van der Waals surface area contributed by atoms with Crippen LogP contribution in [0, 0.1) is 5.82 Å². The van der Waals surface area contributed by atoms with Crippen molar-refractivity contribution in [2.75, 3.05) is 52.3 Å². The number of carbonyl (C=O) groups is 1. The molecule has 182 valence electrons. The maximum atomic E-state index is 14.5. The topological polar surface area (TPSA) is 114 Å². The van der Waals surface area contributed by atoms with E-state index in [0.717, 1.165) is 18.2 Å². The molecule has 10 nitrogen and oxygen atoms in total. The van der Waals surface area contributed by atoms with E-state index in [4.69, 9.17) is 9.15 Å². The lowest BCUT2D eigenvalue weighted by atomic mass is 10.2. The number of likely N-dealkylation sites (N-methyl/N-ethyl adjacent to an activating group) is 1. The lowest BCUT2D eigenvalue weighted by molar-refractivity contribution is 0.0730. The van der Waals surface area contributed by atoms with E-state index in [-0.39, 0.29) is 31.2 Å². The molecule has 2 aromatic carbocycles. The number of fused-ring (bicyclic) bond motifs is 1. The molecule has 0 atom stereocenters. The van der Waals surface area contributed by atoms with Crippen LogP contribution in [-0.4, -0.2) is 75.0 Å². The molecule has 0 spiro atoms. The SMILES string of the molecule is CN(C)CCn1c(=O)oc2ccc(NC(=O)c3cc(S(=O)(=O)N4CCOCC4)ccc3F)cc21. The van der Waals surface area contributed by atoms with Crippen molar-refractivity contribution in [3.05, 3.63) is 58.3 Å². The Kier molecular flexibility index (Phi) is 6.84. The van der Waals surface area contributed by atoms with E-state index in [1.165, 1.54) is 21.0 Å². The van der Waals surface area contributed by atoms with Gasteiger partial charge in [0.2, 0.25) is 10.0 Å². The second-order valence-electron chi connectivity index (χ2n) is 8.12. The average molecular weight is 493 g/mol. The van der Waals surface area contributed by atoms with Gasteiger partial charge in [0.25, 0.3) is 5.91 Å². The van der Waals surface area contributed by atoms with Gasteiger partial charge in [-0.2, -0.15) is 4.31 Å². The minimum atomic E-state index is -3.90. The third-order valence-corrected chi connectivity index (χ3v) is 7.38. The number of halogens is 1. The zero-order chi connectivity index (χ0) is 24.5. The summed E-state index contributed by atoms with van der Waals surface area (Å²) in [6.07, 6.45) is 0. The molecule has 0 radical (unpaired) electrons. The molecule has 1 saturated heterocycles. The molecule has 3 aromatic rings. The molecule has 0 aliphatic carbocycles. The van der Waals surface area contributed by atoms with E-state index in [0.29, 0.717) is 29.9 Å². The van der Waals surface area contributed by atoms with Crippen LogP contribution in [0.1, 0.15) is 10.4 Å². The summed E-state index contributed by atoms with van der Waals surface area (Å²) in [6, 6.07) is 7.73. The van der Waals surface area contributed by atoms with E-state index >= 15 is 0 Å². The Bertz CT molecular complexity index is 1380. The zero-order valence-corrected chi connectivity index (χ0v) is 19.6. The quantitative estimate of drug-likeness (QED) is 0.533. The van der Waals surface area contributed by atoms with Crippen molar-refractivity contribution >= 4 is 32.7 Å². The third kappa shape index (κ3) is 4.89. The Morgan fingerprint density at radius 2 is 1.88 bits per heavy atom. The Labute approximate surface area is 195 Å². The number of carbonyl (C=O) groups excluding carboxylic acids is 1. The van der Waals surface area contributed by atoms with Gasteiger partial charge < -0.3 is 19.4 Å². The number of anilines is 1. The van der Waals surface area contributed by atoms with Gasteiger partial charge in [0.1, 0.15) is 5.82 Å². The first kappa shape index (κ1) is 24.1. The summed E-state index contributed by atoms with van der Waals surface area (Å²) in [5.41, 5.74) is 0.727. The molecule has 2 heterocycles. The summed E-state index contributed by atoms with van der Waals surface area (Å²) in [5.74, 6) is -2.19. The number of amides is 1. The van der Waals surface area contributed by atoms with Crippen molar-refractivity contribution in [2.45, 2.75) is 11.4 Å². The number of rotatable bonds is 7. The first-order valence-corrected chi connectivity index (χ1v) is 12.1. The standard InChI is InChI=1S/C22H25FN4O6S/c1-25(2)7-8-27-19-13-15(3-6-20(19)33-22(27)29)24-21(28)17-14-16(4-5-18(17)23)34(30,31)26-9-11-32-12-10-26/h3-6,13-14H,7-12H2,1-2H3,(H,24,28). The summed E-state index contributed by atoms with van der Waals surface area (Å²) in [6.45, 7) is 1.88. The molecule has 0 bridgehead atoms. The Hall–Kier alpha value is -3.06. The van der Waals surface area contributed by atoms with Crippen LogP contribution >= 0.6 is 0 Å². The minimum absolute atomic E-state index is 0.177. The van der Waals surface area contributed by atoms with Crippen LogP contribution < -0.4 is 11.1 Å². The number of hydrogen-bond acceptors (Lipinski definition) is 7. The van der Waals surface area contributed by atoms with Crippen LogP contribution in [0.5, 0.6) is 0 Å². The number of nitrogens with one attached hydrogen (secondary N) is 1. The molecule has 4 rings (SSSR count). The fourth-order valence-electron chi connectivity index (χ4n) is 3.62. The lowest BCUT2D eigenvalue weighted by Gasteiger charge is -2.26. The van der Waals surface area contributed by atoms with Gasteiger partial charge in [0, 0.05) is 31.9 Å². The summed E-state index contributed by atoms with van der Waals surface area (Å²) >= 11 is 0. The van der Waals surface area contributed by atoms with Crippen molar-refractivity contribution < 1.29 is 26.8 Å². The Morgan fingerprint density at radius 1 is 1.15 bits per heavy atom. The van der Waals surface area contributed by atoms with E-state index in [1.807, 2.05) is 19.0 Å². The molecule has 0 unspecified atom stereocenters. The molecule has 1 aliphatic rings. The average Bonchev–Trinajstić information content (AvgIpc) is 3.12. The van der Waals surface area contributed by atoms with Crippen molar-refractivity contribution in [1.29, 1.82) is 0 Å². The first-order chi connectivity index (χ1) is 16.2. The van der Waals surface area contributed by atoms with Crippen molar-refractivity contribution in [3.63, 3.8) is 0 Å². The van der Waals surface area contributed by atoms with Gasteiger partial charge in [-0.25, -0.2) is 17.6 Å². The van der Waals surface area contributed by atoms with Gasteiger partial charge in [-0.15, -0.1) is 0 Å². The number of benzene rings is 2. The second kappa shape index (κ2) is 9.66. The predicted octanol–water partition coefficient (Wildman–Crippen LogP) is 1.57. The van der Waals surface area contributed by atoms with Gasteiger partial charge in [-0.05, 0) is 50.5 Å². The highest BCUT2D eigenvalue weighted by Gasteiger charge is 2.28. The fraction of sp³-hybridized carbons (Fsp3) is 0.364. The van der Waals surface area contributed by atoms with Crippen LogP contribution in [0.2, 0.25) is 0 Å². The smallest absolute Gasteiger partial charge is 0.408 e. The van der Waals surface area contributed by atoms with E-state index < -0.39 is 33.1 Å². The number of nitrogens with zero attached hydrogens (tertiary/aromatic N) is 3. The van der Waals surface area contributed by atoms with Crippen molar-refractivity contribution in [1.82, 2.24) is 13.8 Å². The molecular formula is C22H25FN4O6S. The number of morpholine rings is 1. The van der Waals surface area contributed by atoms with Gasteiger partial charge in [0.15, 0.2) is 5.58 Å². The maximum absolute atomic E-state index is 14.5. The largest absolute Gasteiger partial charge is 0.419 e. The molecule has 0 saturated carbocycles. The van der Waals surface area contributed by atoms with E-state index in [9.17, 15) is 22.4 Å². The van der Waals surface area contributed by atoms with Crippen molar-refractivity contribution in [3.8, 4) is 0 Å². The number of ether oxygens (including phenoxy) is 1. The van der Waals surface area contributed by atoms with Crippen LogP contribution in [0.15, 0.2) is 50.5 Å². The van der Waals surface area contributed by atoms with Gasteiger partial charge >= 0.3 is 5.76 Å². The molecule has 34 heavy (non-hydrogen) atoms. The molecule has 1 amide bonds. The van der Waals surface area contributed by atoms with Crippen LogP contribution in [-0.2, 0) is 21.3 Å². The molecule has 1 fully saturated rings. The third-order valence-electron chi connectivity index (χ3n) is 5.49.